The molecular weight excluding hydrogens is 326 g/mol. The van der Waals surface area contributed by atoms with Gasteiger partial charge in [0.25, 0.3) is 0 Å². The predicted octanol–water partition coefficient (Wildman–Crippen LogP) is 3.78. The van der Waals surface area contributed by atoms with Crippen LogP contribution in [0, 0.1) is 11.3 Å². The highest BCUT2D eigenvalue weighted by atomic mass is 35.5. The third-order valence-electron chi connectivity index (χ3n) is 2.74. The molecule has 0 saturated carbocycles. The van der Waals surface area contributed by atoms with Crippen LogP contribution in [0.3, 0.4) is 0 Å². The number of nitrogens with zero attached hydrogens (tertiary/aromatic N) is 1. The fourth-order valence-electron chi connectivity index (χ4n) is 1.70. The van der Waals surface area contributed by atoms with E-state index in [9.17, 15) is 8.42 Å². The normalized spacial score (nSPS) is 11.0. The minimum atomic E-state index is -3.38. The van der Waals surface area contributed by atoms with Crippen molar-refractivity contribution >= 4 is 33.2 Å². The lowest BCUT2D eigenvalue weighted by molar-refractivity contribution is 0.597. The van der Waals surface area contributed by atoms with E-state index in [0.717, 1.165) is 4.90 Å². The van der Waals surface area contributed by atoms with Gasteiger partial charge in [0.15, 0.2) is 9.84 Å². The Balaban J connectivity index is 2.03. The molecule has 0 aromatic heterocycles. The van der Waals surface area contributed by atoms with Gasteiger partial charge in [0.05, 0.1) is 22.3 Å². The quantitative estimate of drug-likeness (QED) is 0.779. The van der Waals surface area contributed by atoms with Gasteiger partial charge in [-0.1, -0.05) is 23.7 Å². The Morgan fingerprint density at radius 2 is 1.90 bits per heavy atom. The van der Waals surface area contributed by atoms with E-state index in [4.69, 9.17) is 16.9 Å². The molecule has 0 heterocycles. The van der Waals surface area contributed by atoms with Crippen molar-refractivity contribution in [3.8, 4) is 6.07 Å². The van der Waals surface area contributed by atoms with Gasteiger partial charge in [-0.25, -0.2) is 8.42 Å². The van der Waals surface area contributed by atoms with Gasteiger partial charge in [-0.2, -0.15) is 5.26 Å². The molecule has 0 radical (unpaired) electrons. The highest BCUT2D eigenvalue weighted by Gasteiger charge is 2.14. The molecule has 0 aliphatic heterocycles. The SMILES string of the molecule is N#Cc1cccc(S(=O)(=O)CCSc2cccc(Cl)c2)c1. The Morgan fingerprint density at radius 1 is 1.14 bits per heavy atom. The number of hydrogen-bond acceptors (Lipinski definition) is 4. The largest absolute Gasteiger partial charge is 0.224 e. The summed E-state index contributed by atoms with van der Waals surface area (Å²) in [7, 11) is -3.38. The highest BCUT2D eigenvalue weighted by molar-refractivity contribution is 8.00. The molecule has 6 heteroatoms. The molecule has 0 saturated heterocycles. The Morgan fingerprint density at radius 3 is 2.62 bits per heavy atom. The summed E-state index contributed by atoms with van der Waals surface area (Å²) >= 11 is 7.32. The molecule has 0 bridgehead atoms. The van der Waals surface area contributed by atoms with Gasteiger partial charge >= 0.3 is 0 Å². The molecule has 0 aliphatic carbocycles. The Kier molecular flexibility index (Phi) is 5.29. The molecule has 3 nitrogen and oxygen atoms in total. The predicted molar refractivity (Wildman–Crippen MR) is 85.4 cm³/mol. The lowest BCUT2D eigenvalue weighted by Gasteiger charge is -2.05. The highest BCUT2D eigenvalue weighted by Crippen LogP contribution is 2.23. The topological polar surface area (TPSA) is 57.9 Å². The average molecular weight is 338 g/mol. The van der Waals surface area contributed by atoms with Crippen molar-refractivity contribution in [2.45, 2.75) is 9.79 Å². The molecule has 0 unspecified atom stereocenters. The van der Waals surface area contributed by atoms with Crippen molar-refractivity contribution in [1.29, 1.82) is 5.26 Å². The maximum atomic E-state index is 12.2. The van der Waals surface area contributed by atoms with Crippen LogP contribution in [0.15, 0.2) is 58.3 Å². The molecular formula is C15H12ClNO2S2. The van der Waals surface area contributed by atoms with Crippen LogP contribution in [-0.4, -0.2) is 19.9 Å². The molecule has 0 atom stereocenters. The number of rotatable bonds is 5. The lowest BCUT2D eigenvalue weighted by Crippen LogP contribution is -2.09. The number of halogens is 1. The van der Waals surface area contributed by atoms with E-state index in [1.807, 2.05) is 18.2 Å². The molecule has 2 aromatic rings. The number of sulfone groups is 1. The molecule has 2 aromatic carbocycles. The van der Waals surface area contributed by atoms with E-state index < -0.39 is 9.84 Å². The van der Waals surface area contributed by atoms with Gasteiger partial charge in [-0.3, -0.25) is 0 Å². The first-order valence-electron chi connectivity index (χ1n) is 6.12. The van der Waals surface area contributed by atoms with Crippen molar-refractivity contribution < 1.29 is 8.42 Å². The van der Waals surface area contributed by atoms with Gasteiger partial charge in [0.2, 0.25) is 0 Å². The van der Waals surface area contributed by atoms with E-state index in [1.165, 1.54) is 23.9 Å². The van der Waals surface area contributed by atoms with Gasteiger partial charge in [-0.05, 0) is 36.4 Å². The van der Waals surface area contributed by atoms with E-state index in [1.54, 1.807) is 24.3 Å². The molecule has 2 rings (SSSR count). The number of hydrogen-bond donors (Lipinski definition) is 0. The maximum absolute atomic E-state index is 12.2. The minimum absolute atomic E-state index is 0.0130. The zero-order chi connectivity index (χ0) is 15.3. The molecule has 21 heavy (non-hydrogen) atoms. The molecule has 108 valence electrons. The van der Waals surface area contributed by atoms with Crippen LogP contribution in [0.25, 0.3) is 0 Å². The van der Waals surface area contributed by atoms with Crippen LogP contribution >= 0.6 is 23.4 Å². The Labute approximate surface area is 133 Å². The van der Waals surface area contributed by atoms with Crippen LogP contribution in [0.2, 0.25) is 5.02 Å². The third-order valence-corrected chi connectivity index (χ3v) is 5.94. The third kappa shape index (κ3) is 4.50. The molecule has 0 spiro atoms. The summed E-state index contributed by atoms with van der Waals surface area (Å²) in [5.74, 6) is 0.443. The summed E-state index contributed by atoms with van der Waals surface area (Å²) in [4.78, 5) is 1.12. The second-order valence-electron chi connectivity index (χ2n) is 4.26. The smallest absolute Gasteiger partial charge is 0.179 e. The summed E-state index contributed by atoms with van der Waals surface area (Å²) in [5, 5.41) is 9.45. The second kappa shape index (κ2) is 6.99. The summed E-state index contributed by atoms with van der Waals surface area (Å²) in [6.45, 7) is 0. The van der Waals surface area contributed by atoms with Crippen LogP contribution in [0.1, 0.15) is 5.56 Å². The zero-order valence-corrected chi connectivity index (χ0v) is 13.4. The first kappa shape index (κ1) is 15.9. The van der Waals surface area contributed by atoms with Crippen molar-refractivity contribution in [2.24, 2.45) is 0 Å². The van der Waals surface area contributed by atoms with Crippen LogP contribution in [-0.2, 0) is 9.84 Å². The Bertz CT molecular complexity index is 782. The van der Waals surface area contributed by atoms with Gasteiger partial charge in [0, 0.05) is 15.7 Å². The van der Waals surface area contributed by atoms with Gasteiger partial charge in [0.1, 0.15) is 0 Å². The summed E-state index contributed by atoms with van der Waals surface area (Å²) in [5.41, 5.74) is 0.346. The first-order chi connectivity index (χ1) is 10.0. The van der Waals surface area contributed by atoms with Gasteiger partial charge < -0.3 is 0 Å². The second-order valence-corrected chi connectivity index (χ2v) is 7.98. The van der Waals surface area contributed by atoms with E-state index in [2.05, 4.69) is 0 Å². The zero-order valence-electron chi connectivity index (χ0n) is 11.0. The molecule has 0 amide bonds. The number of benzene rings is 2. The molecule has 0 fully saturated rings. The Hall–Kier alpha value is -1.48. The monoisotopic (exact) mass is 337 g/mol. The van der Waals surface area contributed by atoms with Crippen molar-refractivity contribution in [3.05, 3.63) is 59.1 Å². The number of thioether (sulfide) groups is 1. The maximum Gasteiger partial charge on any atom is 0.179 e. The molecule has 0 N–H and O–H groups in total. The summed E-state index contributed by atoms with van der Waals surface area (Å²) < 4.78 is 24.4. The van der Waals surface area contributed by atoms with Crippen LogP contribution in [0.5, 0.6) is 0 Å². The summed E-state index contributed by atoms with van der Waals surface area (Å²) in [6.07, 6.45) is 0. The first-order valence-corrected chi connectivity index (χ1v) is 9.14. The summed E-state index contributed by atoms with van der Waals surface area (Å²) in [6, 6.07) is 15.3. The van der Waals surface area contributed by atoms with Crippen LogP contribution < -0.4 is 0 Å². The fraction of sp³-hybridized carbons (Fsp3) is 0.133. The van der Waals surface area contributed by atoms with Crippen molar-refractivity contribution in [3.63, 3.8) is 0 Å². The fourth-order valence-corrected chi connectivity index (χ4v) is 4.62. The standard InChI is InChI=1S/C15H12ClNO2S2/c16-13-4-2-5-14(10-13)20-7-8-21(18,19)15-6-1-3-12(9-15)11-17/h1-6,9-10H,7-8H2. The van der Waals surface area contributed by atoms with E-state index in [0.29, 0.717) is 16.3 Å². The average Bonchev–Trinajstić information content (AvgIpc) is 2.47. The minimum Gasteiger partial charge on any atom is -0.224 e. The van der Waals surface area contributed by atoms with E-state index >= 15 is 0 Å². The van der Waals surface area contributed by atoms with Crippen molar-refractivity contribution in [1.82, 2.24) is 0 Å². The van der Waals surface area contributed by atoms with E-state index in [-0.39, 0.29) is 10.6 Å². The van der Waals surface area contributed by atoms with Crippen molar-refractivity contribution in [2.75, 3.05) is 11.5 Å². The van der Waals surface area contributed by atoms with Crippen LogP contribution in [0.4, 0.5) is 0 Å². The lowest BCUT2D eigenvalue weighted by atomic mass is 10.2. The molecule has 0 aliphatic rings. The van der Waals surface area contributed by atoms with Gasteiger partial charge in [-0.15, -0.1) is 11.8 Å². The number of nitriles is 1.